The van der Waals surface area contributed by atoms with E-state index in [4.69, 9.17) is 24.4 Å². The van der Waals surface area contributed by atoms with E-state index in [1.54, 1.807) is 23.5 Å². The monoisotopic (exact) mass is 506 g/mol. The maximum absolute atomic E-state index is 5.43. The molecular formula is C25H50N2S4. The predicted molar refractivity (Wildman–Crippen MR) is 156 cm³/mol. The molecule has 184 valence electrons. The zero-order valence-electron chi connectivity index (χ0n) is 20.5. The minimum Gasteiger partial charge on any atom is -0.371 e. The Kier molecular flexibility index (Phi) is 27.1. The van der Waals surface area contributed by atoms with E-state index in [9.17, 15) is 0 Å². The normalized spacial score (nSPS) is 10.9. The van der Waals surface area contributed by atoms with Crippen molar-refractivity contribution in [2.24, 2.45) is 0 Å². The Morgan fingerprint density at radius 2 is 0.806 bits per heavy atom. The van der Waals surface area contributed by atoms with Crippen LogP contribution in [0, 0.1) is 0 Å². The number of rotatable bonds is 22. The molecule has 0 saturated carbocycles. The molecule has 0 aromatic rings. The van der Waals surface area contributed by atoms with Crippen molar-refractivity contribution < 1.29 is 0 Å². The van der Waals surface area contributed by atoms with E-state index in [2.05, 4.69) is 24.5 Å². The molecule has 2 nitrogen and oxygen atoms in total. The number of hydrogen-bond donors (Lipinski definition) is 2. The molecule has 0 aliphatic carbocycles. The van der Waals surface area contributed by atoms with Gasteiger partial charge in [-0.15, -0.1) is 0 Å². The minimum atomic E-state index is 0.961. The third-order valence-corrected chi connectivity index (χ3v) is 8.15. The summed E-state index contributed by atoms with van der Waals surface area (Å²) in [5, 5.41) is 6.80. The number of thioether (sulfide) groups is 2. The molecular weight excluding hydrogens is 457 g/mol. The summed E-state index contributed by atoms with van der Waals surface area (Å²) in [5.74, 6) is 2.16. The first kappa shape index (κ1) is 31.5. The van der Waals surface area contributed by atoms with Crippen molar-refractivity contribution in [2.45, 2.75) is 123 Å². The van der Waals surface area contributed by atoms with Crippen molar-refractivity contribution in [3.63, 3.8) is 0 Å². The maximum atomic E-state index is 5.43. The summed E-state index contributed by atoms with van der Waals surface area (Å²) >= 11 is 14.4. The van der Waals surface area contributed by atoms with Gasteiger partial charge in [-0.3, -0.25) is 0 Å². The van der Waals surface area contributed by atoms with Gasteiger partial charge in [0, 0.05) is 24.6 Å². The highest BCUT2D eigenvalue weighted by molar-refractivity contribution is 8.23. The molecule has 2 N–H and O–H groups in total. The zero-order chi connectivity index (χ0) is 22.8. The van der Waals surface area contributed by atoms with Crippen molar-refractivity contribution >= 4 is 56.6 Å². The van der Waals surface area contributed by atoms with Gasteiger partial charge in [-0.05, 0) is 19.3 Å². The van der Waals surface area contributed by atoms with Gasteiger partial charge < -0.3 is 10.6 Å². The Balaban J connectivity index is 3.28. The molecule has 0 fully saturated rings. The highest BCUT2D eigenvalue weighted by Gasteiger charge is 2.00. The van der Waals surface area contributed by atoms with Crippen LogP contribution in [0.5, 0.6) is 0 Å². The Hall–Kier alpha value is 0.480. The molecule has 0 radical (unpaired) electrons. The molecule has 0 aromatic heterocycles. The summed E-state index contributed by atoms with van der Waals surface area (Å²) in [6.07, 6.45) is 22.9. The van der Waals surface area contributed by atoms with Crippen LogP contribution >= 0.6 is 48.0 Å². The summed E-state index contributed by atoms with van der Waals surface area (Å²) in [4.78, 5) is 0. The lowest BCUT2D eigenvalue weighted by Gasteiger charge is -2.09. The Bertz CT molecular complexity index is 369. The maximum Gasteiger partial charge on any atom is 0.133 e. The van der Waals surface area contributed by atoms with E-state index in [-0.39, 0.29) is 0 Å². The number of nitrogens with one attached hydrogen (secondary N) is 2. The fourth-order valence-electron chi connectivity index (χ4n) is 3.39. The SMILES string of the molecule is CCCCCCCCCCNC(=S)SCCCSC(=S)NCCCCCCCCCC. The van der Waals surface area contributed by atoms with Gasteiger partial charge in [0.15, 0.2) is 0 Å². The lowest BCUT2D eigenvalue weighted by Crippen LogP contribution is -2.20. The van der Waals surface area contributed by atoms with Gasteiger partial charge in [0.1, 0.15) is 8.64 Å². The standard InChI is InChI=1S/C25H50N2S4/c1-3-5-7-9-11-13-15-17-20-26-24(28)30-22-19-23-31-25(29)27-21-18-16-14-12-10-8-6-4-2/h3-23H2,1-2H3,(H,26,28)(H,27,29). The fraction of sp³-hybridized carbons (Fsp3) is 0.920. The van der Waals surface area contributed by atoms with Gasteiger partial charge >= 0.3 is 0 Å². The molecule has 0 bridgehead atoms. The van der Waals surface area contributed by atoms with E-state index in [1.165, 1.54) is 103 Å². The predicted octanol–water partition coefficient (Wildman–Crippen LogP) is 8.87. The summed E-state index contributed by atoms with van der Waals surface area (Å²) < 4.78 is 1.92. The van der Waals surface area contributed by atoms with E-state index in [1.807, 2.05) is 0 Å². The molecule has 0 atom stereocenters. The lowest BCUT2D eigenvalue weighted by molar-refractivity contribution is 0.573. The fourth-order valence-corrected chi connectivity index (χ4v) is 5.63. The summed E-state index contributed by atoms with van der Waals surface area (Å²) in [7, 11) is 0. The molecule has 0 aliphatic heterocycles. The van der Waals surface area contributed by atoms with E-state index in [0.29, 0.717) is 0 Å². The molecule has 0 spiro atoms. The molecule has 0 heterocycles. The number of thiocarbonyl (C=S) groups is 2. The third-order valence-electron chi connectivity index (χ3n) is 5.35. The molecule has 0 aliphatic rings. The summed E-state index contributed by atoms with van der Waals surface area (Å²) in [5.41, 5.74) is 0. The van der Waals surface area contributed by atoms with Crippen LogP contribution in [0.4, 0.5) is 0 Å². The van der Waals surface area contributed by atoms with Crippen molar-refractivity contribution in [2.75, 3.05) is 24.6 Å². The minimum absolute atomic E-state index is 0.961. The molecule has 0 rings (SSSR count). The highest BCUT2D eigenvalue weighted by atomic mass is 32.2. The van der Waals surface area contributed by atoms with Crippen LogP contribution in [-0.4, -0.2) is 33.2 Å². The Labute approximate surface area is 214 Å². The van der Waals surface area contributed by atoms with Crippen LogP contribution in [0.1, 0.15) is 123 Å². The van der Waals surface area contributed by atoms with Crippen LogP contribution in [0.25, 0.3) is 0 Å². The summed E-state index contributed by atoms with van der Waals surface area (Å²) in [6.45, 7) is 6.61. The molecule has 31 heavy (non-hydrogen) atoms. The van der Waals surface area contributed by atoms with Crippen LogP contribution in [0.3, 0.4) is 0 Å². The second-order valence-corrected chi connectivity index (χ2v) is 12.0. The first-order valence-corrected chi connectivity index (χ1v) is 15.8. The van der Waals surface area contributed by atoms with E-state index in [0.717, 1.165) is 39.7 Å². The van der Waals surface area contributed by atoms with Gasteiger partial charge in [0.2, 0.25) is 0 Å². The first-order chi connectivity index (χ1) is 15.2. The molecule has 0 aromatic carbocycles. The quantitative estimate of drug-likeness (QED) is 0.112. The van der Waals surface area contributed by atoms with Crippen LogP contribution in [0.15, 0.2) is 0 Å². The third kappa shape index (κ3) is 26.6. The lowest BCUT2D eigenvalue weighted by atomic mass is 10.1. The van der Waals surface area contributed by atoms with Crippen molar-refractivity contribution in [3.8, 4) is 0 Å². The van der Waals surface area contributed by atoms with Gasteiger partial charge in [-0.2, -0.15) is 0 Å². The van der Waals surface area contributed by atoms with Gasteiger partial charge in [-0.1, -0.05) is 152 Å². The van der Waals surface area contributed by atoms with Gasteiger partial charge in [0.05, 0.1) is 0 Å². The number of hydrogen-bond acceptors (Lipinski definition) is 4. The topological polar surface area (TPSA) is 24.1 Å². The Morgan fingerprint density at radius 1 is 0.484 bits per heavy atom. The second-order valence-electron chi connectivity index (χ2n) is 8.43. The van der Waals surface area contributed by atoms with E-state index >= 15 is 0 Å². The van der Waals surface area contributed by atoms with Crippen LogP contribution in [0.2, 0.25) is 0 Å². The smallest absolute Gasteiger partial charge is 0.133 e. The van der Waals surface area contributed by atoms with Crippen LogP contribution in [-0.2, 0) is 0 Å². The largest absolute Gasteiger partial charge is 0.371 e. The second kappa shape index (κ2) is 26.7. The Morgan fingerprint density at radius 3 is 1.16 bits per heavy atom. The number of unbranched alkanes of at least 4 members (excludes halogenated alkanes) is 14. The average Bonchev–Trinajstić information content (AvgIpc) is 2.76. The van der Waals surface area contributed by atoms with Gasteiger partial charge in [-0.25, -0.2) is 0 Å². The molecule has 0 unspecified atom stereocenters. The van der Waals surface area contributed by atoms with Crippen LogP contribution < -0.4 is 10.6 Å². The highest BCUT2D eigenvalue weighted by Crippen LogP contribution is 2.12. The first-order valence-electron chi connectivity index (χ1n) is 13.0. The van der Waals surface area contributed by atoms with Crippen molar-refractivity contribution in [1.29, 1.82) is 0 Å². The average molecular weight is 507 g/mol. The molecule has 6 heteroatoms. The van der Waals surface area contributed by atoms with Crippen molar-refractivity contribution in [1.82, 2.24) is 10.6 Å². The molecule has 0 amide bonds. The van der Waals surface area contributed by atoms with Gasteiger partial charge in [0.25, 0.3) is 0 Å². The van der Waals surface area contributed by atoms with E-state index < -0.39 is 0 Å². The summed E-state index contributed by atoms with van der Waals surface area (Å²) in [6, 6.07) is 0. The molecule has 0 saturated heterocycles. The van der Waals surface area contributed by atoms with Crippen molar-refractivity contribution in [3.05, 3.63) is 0 Å². The zero-order valence-corrected chi connectivity index (χ0v) is 23.7.